The van der Waals surface area contributed by atoms with Crippen LogP contribution in [0, 0.1) is 0 Å². The Labute approximate surface area is 126 Å². The Morgan fingerprint density at radius 2 is 1.74 bits per heavy atom. The summed E-state index contributed by atoms with van der Waals surface area (Å²) in [4.78, 5) is 12.0. The van der Waals surface area contributed by atoms with Gasteiger partial charge in [-0.1, -0.05) is 53.5 Å². The number of halogens is 3. The molecule has 0 saturated carbocycles. The molecule has 0 aromatic heterocycles. The molecule has 2 aromatic carbocycles. The molecule has 2 rings (SSSR count). The van der Waals surface area contributed by atoms with E-state index >= 15 is 0 Å². The summed E-state index contributed by atoms with van der Waals surface area (Å²) in [5.41, 5.74) is 1.17. The number of hydrogen-bond acceptors (Lipinski definition) is 1. The molecule has 1 N–H and O–H groups in total. The number of anilines is 1. The monoisotopic (exact) mass is 313 g/mol. The van der Waals surface area contributed by atoms with Crippen molar-refractivity contribution in [3.05, 3.63) is 64.1 Å². The van der Waals surface area contributed by atoms with Crippen molar-refractivity contribution in [2.45, 2.75) is 5.38 Å². The summed E-state index contributed by atoms with van der Waals surface area (Å²) in [6, 6.07) is 13.9. The van der Waals surface area contributed by atoms with Crippen LogP contribution < -0.4 is 5.32 Å². The number of rotatable bonds is 3. The van der Waals surface area contributed by atoms with Gasteiger partial charge in [-0.25, -0.2) is 0 Å². The molecule has 1 atom stereocenters. The maximum Gasteiger partial charge on any atom is 0.247 e. The van der Waals surface area contributed by atoms with Crippen LogP contribution in [-0.2, 0) is 4.79 Å². The molecule has 0 spiro atoms. The van der Waals surface area contributed by atoms with Crippen LogP contribution in [0.3, 0.4) is 0 Å². The third-order valence-electron chi connectivity index (χ3n) is 2.51. The number of amides is 1. The van der Waals surface area contributed by atoms with Crippen LogP contribution in [0.15, 0.2) is 48.5 Å². The fraction of sp³-hybridized carbons (Fsp3) is 0.0714. The van der Waals surface area contributed by atoms with Gasteiger partial charge in [-0.05, 0) is 23.8 Å². The first-order valence-corrected chi connectivity index (χ1v) is 6.72. The minimum absolute atomic E-state index is 0.350. The molecule has 0 aliphatic carbocycles. The number of alkyl halides is 1. The van der Waals surface area contributed by atoms with Crippen molar-refractivity contribution >= 4 is 46.4 Å². The minimum atomic E-state index is -0.781. The quantitative estimate of drug-likeness (QED) is 0.801. The second-order valence-electron chi connectivity index (χ2n) is 3.89. The Balaban J connectivity index is 2.15. The molecule has 0 saturated heterocycles. The van der Waals surface area contributed by atoms with Gasteiger partial charge in [0, 0.05) is 5.02 Å². The summed E-state index contributed by atoms with van der Waals surface area (Å²) in [6.45, 7) is 0. The molecular formula is C14H10Cl3NO. The predicted octanol–water partition coefficient (Wildman–Crippen LogP) is 4.91. The Kier molecular flexibility index (Phi) is 4.70. The van der Waals surface area contributed by atoms with Gasteiger partial charge < -0.3 is 5.32 Å². The van der Waals surface area contributed by atoms with Gasteiger partial charge in [0.15, 0.2) is 0 Å². The molecule has 1 amide bonds. The summed E-state index contributed by atoms with van der Waals surface area (Å²) in [6.07, 6.45) is 0. The van der Waals surface area contributed by atoms with Crippen molar-refractivity contribution in [2.24, 2.45) is 0 Å². The van der Waals surface area contributed by atoms with Crippen molar-refractivity contribution in [2.75, 3.05) is 5.32 Å². The van der Waals surface area contributed by atoms with Crippen LogP contribution in [0.25, 0.3) is 0 Å². The molecule has 0 heterocycles. The fourth-order valence-corrected chi connectivity index (χ4v) is 2.10. The van der Waals surface area contributed by atoms with Gasteiger partial charge in [0.25, 0.3) is 0 Å². The highest BCUT2D eigenvalue weighted by atomic mass is 35.5. The van der Waals surface area contributed by atoms with Gasteiger partial charge in [-0.2, -0.15) is 0 Å². The second kappa shape index (κ2) is 6.29. The summed E-state index contributed by atoms with van der Waals surface area (Å²) >= 11 is 17.9. The standard InChI is InChI=1S/C14H10Cl3NO/c15-10-6-7-11(16)12(8-10)18-14(19)13(17)9-4-2-1-3-5-9/h1-8,13H,(H,18,19). The molecule has 2 nitrogen and oxygen atoms in total. The second-order valence-corrected chi connectivity index (χ2v) is 5.17. The average Bonchev–Trinajstić information content (AvgIpc) is 2.43. The largest absolute Gasteiger partial charge is 0.323 e. The highest BCUT2D eigenvalue weighted by Gasteiger charge is 2.18. The molecule has 0 bridgehead atoms. The van der Waals surface area contributed by atoms with E-state index in [4.69, 9.17) is 34.8 Å². The number of carbonyl (C=O) groups is 1. The first-order valence-electron chi connectivity index (χ1n) is 5.53. The van der Waals surface area contributed by atoms with E-state index in [1.165, 1.54) is 0 Å². The smallest absolute Gasteiger partial charge is 0.247 e. The number of benzene rings is 2. The van der Waals surface area contributed by atoms with Crippen molar-refractivity contribution in [3.63, 3.8) is 0 Å². The Morgan fingerprint density at radius 3 is 2.42 bits per heavy atom. The van der Waals surface area contributed by atoms with Crippen LogP contribution in [-0.4, -0.2) is 5.91 Å². The predicted molar refractivity (Wildman–Crippen MR) is 80.1 cm³/mol. The molecular weight excluding hydrogens is 305 g/mol. The molecule has 19 heavy (non-hydrogen) atoms. The highest BCUT2D eigenvalue weighted by molar-refractivity contribution is 6.37. The van der Waals surface area contributed by atoms with E-state index in [9.17, 15) is 4.79 Å². The van der Waals surface area contributed by atoms with E-state index in [1.807, 2.05) is 18.2 Å². The number of hydrogen-bond donors (Lipinski definition) is 1. The van der Waals surface area contributed by atoms with Gasteiger partial charge in [0.2, 0.25) is 5.91 Å². The van der Waals surface area contributed by atoms with E-state index in [0.29, 0.717) is 15.7 Å². The minimum Gasteiger partial charge on any atom is -0.323 e. The SMILES string of the molecule is O=C(Nc1cc(Cl)ccc1Cl)C(Cl)c1ccccc1. The van der Waals surface area contributed by atoms with Gasteiger partial charge >= 0.3 is 0 Å². The average molecular weight is 315 g/mol. The number of carbonyl (C=O) groups excluding carboxylic acids is 1. The molecule has 2 aromatic rings. The fourth-order valence-electron chi connectivity index (χ4n) is 1.56. The highest BCUT2D eigenvalue weighted by Crippen LogP contribution is 2.28. The maximum absolute atomic E-state index is 12.0. The zero-order valence-corrected chi connectivity index (χ0v) is 12.0. The normalized spacial score (nSPS) is 11.9. The van der Waals surface area contributed by atoms with E-state index in [0.717, 1.165) is 5.56 Å². The lowest BCUT2D eigenvalue weighted by Crippen LogP contribution is -2.17. The van der Waals surface area contributed by atoms with Crippen molar-refractivity contribution in [3.8, 4) is 0 Å². The third-order valence-corrected chi connectivity index (χ3v) is 3.52. The lowest BCUT2D eigenvalue weighted by Gasteiger charge is -2.12. The van der Waals surface area contributed by atoms with E-state index in [-0.39, 0.29) is 5.91 Å². The van der Waals surface area contributed by atoms with Gasteiger partial charge in [-0.3, -0.25) is 4.79 Å². The lowest BCUT2D eigenvalue weighted by atomic mass is 10.1. The topological polar surface area (TPSA) is 29.1 Å². The van der Waals surface area contributed by atoms with Gasteiger partial charge in [-0.15, -0.1) is 11.6 Å². The van der Waals surface area contributed by atoms with Gasteiger partial charge in [0.05, 0.1) is 10.7 Å². The van der Waals surface area contributed by atoms with Crippen molar-refractivity contribution in [1.82, 2.24) is 0 Å². The molecule has 98 valence electrons. The maximum atomic E-state index is 12.0. The molecule has 0 aliphatic rings. The number of nitrogens with one attached hydrogen (secondary N) is 1. The Hall–Kier alpha value is -1.22. The Bertz CT molecular complexity index is 586. The van der Waals surface area contributed by atoms with Crippen LogP contribution >= 0.6 is 34.8 Å². The zero-order chi connectivity index (χ0) is 13.8. The first kappa shape index (κ1) is 14.2. The molecule has 5 heteroatoms. The summed E-state index contributed by atoms with van der Waals surface area (Å²) in [5, 5.41) is 2.78. The molecule has 0 radical (unpaired) electrons. The van der Waals surface area contributed by atoms with Crippen LogP contribution in [0.5, 0.6) is 0 Å². The lowest BCUT2D eigenvalue weighted by molar-refractivity contribution is -0.116. The van der Waals surface area contributed by atoms with E-state index < -0.39 is 5.38 Å². The van der Waals surface area contributed by atoms with E-state index in [1.54, 1.807) is 30.3 Å². The van der Waals surface area contributed by atoms with Crippen molar-refractivity contribution < 1.29 is 4.79 Å². The van der Waals surface area contributed by atoms with Crippen LogP contribution in [0.1, 0.15) is 10.9 Å². The molecule has 1 unspecified atom stereocenters. The summed E-state index contributed by atoms with van der Waals surface area (Å²) < 4.78 is 0. The summed E-state index contributed by atoms with van der Waals surface area (Å²) in [5.74, 6) is -0.350. The van der Waals surface area contributed by atoms with Gasteiger partial charge in [0.1, 0.15) is 5.38 Å². The Morgan fingerprint density at radius 1 is 1.05 bits per heavy atom. The first-order chi connectivity index (χ1) is 9.08. The van der Waals surface area contributed by atoms with Crippen LogP contribution in [0.2, 0.25) is 10.0 Å². The molecule has 0 fully saturated rings. The van der Waals surface area contributed by atoms with Crippen molar-refractivity contribution in [1.29, 1.82) is 0 Å². The van der Waals surface area contributed by atoms with Crippen LogP contribution in [0.4, 0.5) is 5.69 Å². The summed E-state index contributed by atoms with van der Waals surface area (Å²) in [7, 11) is 0. The molecule has 0 aliphatic heterocycles. The third kappa shape index (κ3) is 3.63. The zero-order valence-electron chi connectivity index (χ0n) is 9.74. The van der Waals surface area contributed by atoms with E-state index in [2.05, 4.69) is 5.32 Å².